The standard InChI is InChI=1S/C17H27N3S/c1-2-4-13-11-14(6-5-12(13)3-1)17-20-19-16(21-17)9-10-18-15-7-8-15/h12-15,18H,1-11H2. The third-order valence-electron chi connectivity index (χ3n) is 5.72. The monoisotopic (exact) mass is 305 g/mol. The third kappa shape index (κ3) is 3.48. The molecule has 3 aliphatic carbocycles. The van der Waals surface area contributed by atoms with E-state index in [0.29, 0.717) is 5.92 Å². The van der Waals surface area contributed by atoms with Crippen LogP contribution < -0.4 is 5.32 Å². The Morgan fingerprint density at radius 3 is 2.67 bits per heavy atom. The van der Waals surface area contributed by atoms with Gasteiger partial charge in [0.05, 0.1) is 0 Å². The lowest BCUT2D eigenvalue weighted by Crippen LogP contribution is -2.26. The molecule has 3 saturated carbocycles. The molecule has 1 aromatic rings. The van der Waals surface area contributed by atoms with Gasteiger partial charge in [-0.05, 0) is 43.9 Å². The molecule has 0 saturated heterocycles. The summed E-state index contributed by atoms with van der Waals surface area (Å²) in [6.07, 6.45) is 13.9. The Labute approximate surface area is 131 Å². The maximum atomic E-state index is 4.53. The van der Waals surface area contributed by atoms with Crippen LogP contribution in [-0.4, -0.2) is 22.8 Å². The molecular weight excluding hydrogens is 278 g/mol. The fourth-order valence-electron chi connectivity index (χ4n) is 4.30. The van der Waals surface area contributed by atoms with E-state index in [4.69, 9.17) is 0 Å². The molecule has 0 bridgehead atoms. The molecule has 116 valence electrons. The van der Waals surface area contributed by atoms with Gasteiger partial charge in [0.15, 0.2) is 0 Å². The summed E-state index contributed by atoms with van der Waals surface area (Å²) in [6.45, 7) is 1.08. The van der Waals surface area contributed by atoms with Crippen molar-refractivity contribution < 1.29 is 0 Å². The van der Waals surface area contributed by atoms with Crippen molar-refractivity contribution in [3.63, 3.8) is 0 Å². The molecule has 3 aliphatic rings. The number of hydrogen-bond acceptors (Lipinski definition) is 4. The van der Waals surface area contributed by atoms with Gasteiger partial charge in [-0.3, -0.25) is 0 Å². The maximum absolute atomic E-state index is 4.53. The lowest BCUT2D eigenvalue weighted by Gasteiger charge is -2.38. The van der Waals surface area contributed by atoms with E-state index in [-0.39, 0.29) is 0 Å². The molecule has 4 heteroatoms. The van der Waals surface area contributed by atoms with Crippen molar-refractivity contribution in [2.75, 3.05) is 6.54 Å². The van der Waals surface area contributed by atoms with Crippen LogP contribution in [0.2, 0.25) is 0 Å². The van der Waals surface area contributed by atoms with Gasteiger partial charge < -0.3 is 5.32 Å². The number of rotatable bonds is 5. The van der Waals surface area contributed by atoms with Gasteiger partial charge in [0.25, 0.3) is 0 Å². The first-order valence-corrected chi connectivity index (χ1v) is 9.76. The van der Waals surface area contributed by atoms with Crippen molar-refractivity contribution >= 4 is 11.3 Å². The predicted octanol–water partition coefficient (Wildman–Crippen LogP) is 3.91. The smallest absolute Gasteiger partial charge is 0.120 e. The van der Waals surface area contributed by atoms with Crippen LogP contribution in [0.25, 0.3) is 0 Å². The summed E-state index contributed by atoms with van der Waals surface area (Å²) in [5.41, 5.74) is 0. The summed E-state index contributed by atoms with van der Waals surface area (Å²) < 4.78 is 0. The Morgan fingerprint density at radius 1 is 0.952 bits per heavy atom. The van der Waals surface area contributed by atoms with E-state index >= 15 is 0 Å². The molecule has 21 heavy (non-hydrogen) atoms. The fourth-order valence-corrected chi connectivity index (χ4v) is 5.29. The molecular formula is C17H27N3S. The zero-order valence-corrected chi connectivity index (χ0v) is 13.7. The Kier molecular flexibility index (Phi) is 4.26. The third-order valence-corrected chi connectivity index (χ3v) is 6.87. The molecule has 0 radical (unpaired) electrons. The van der Waals surface area contributed by atoms with Gasteiger partial charge in [-0.25, -0.2) is 0 Å². The largest absolute Gasteiger partial charge is 0.314 e. The molecule has 1 heterocycles. The van der Waals surface area contributed by atoms with Crippen LogP contribution in [0.3, 0.4) is 0 Å². The minimum atomic E-state index is 0.715. The Bertz CT molecular complexity index is 468. The van der Waals surface area contributed by atoms with E-state index < -0.39 is 0 Å². The number of hydrogen-bond donors (Lipinski definition) is 1. The molecule has 3 fully saturated rings. The first kappa shape index (κ1) is 14.1. The quantitative estimate of drug-likeness (QED) is 0.896. The Balaban J connectivity index is 1.32. The molecule has 0 amide bonds. The molecule has 3 nitrogen and oxygen atoms in total. The summed E-state index contributed by atoms with van der Waals surface area (Å²) in [5.74, 6) is 2.73. The number of aromatic nitrogens is 2. The van der Waals surface area contributed by atoms with E-state index in [0.717, 1.165) is 30.8 Å². The molecule has 1 N–H and O–H groups in total. The van der Waals surface area contributed by atoms with Gasteiger partial charge in [0, 0.05) is 24.9 Å². The highest BCUT2D eigenvalue weighted by atomic mass is 32.1. The van der Waals surface area contributed by atoms with E-state index in [2.05, 4.69) is 15.5 Å². The van der Waals surface area contributed by atoms with Crippen LogP contribution >= 0.6 is 11.3 Å². The van der Waals surface area contributed by atoms with Gasteiger partial charge in [0.2, 0.25) is 0 Å². The molecule has 3 unspecified atom stereocenters. The van der Waals surface area contributed by atoms with E-state index in [1.807, 2.05) is 11.3 Å². The van der Waals surface area contributed by atoms with Crippen LogP contribution in [0.4, 0.5) is 0 Å². The molecule has 3 atom stereocenters. The SMILES string of the molecule is C1CCC2CC(c3nnc(CCNC4CC4)s3)CCC2C1. The molecule has 1 aromatic heterocycles. The molecule has 4 rings (SSSR count). The van der Waals surface area contributed by atoms with Crippen LogP contribution in [0, 0.1) is 11.8 Å². The Morgan fingerprint density at radius 2 is 1.81 bits per heavy atom. The summed E-state index contributed by atoms with van der Waals surface area (Å²) in [4.78, 5) is 0. The van der Waals surface area contributed by atoms with Crippen molar-refractivity contribution in [1.82, 2.24) is 15.5 Å². The summed E-state index contributed by atoms with van der Waals surface area (Å²) >= 11 is 1.89. The minimum Gasteiger partial charge on any atom is -0.314 e. The van der Waals surface area contributed by atoms with Crippen molar-refractivity contribution in [3.8, 4) is 0 Å². The average molecular weight is 305 g/mol. The second kappa shape index (κ2) is 6.33. The highest BCUT2D eigenvalue weighted by Crippen LogP contribution is 2.46. The lowest BCUT2D eigenvalue weighted by atomic mass is 9.68. The molecule has 0 aliphatic heterocycles. The first-order chi connectivity index (χ1) is 10.4. The van der Waals surface area contributed by atoms with Crippen LogP contribution in [0.15, 0.2) is 0 Å². The van der Waals surface area contributed by atoms with Gasteiger partial charge in [-0.2, -0.15) is 0 Å². The van der Waals surface area contributed by atoms with Crippen molar-refractivity contribution in [1.29, 1.82) is 0 Å². The Hall–Kier alpha value is -0.480. The minimum absolute atomic E-state index is 0.715. The van der Waals surface area contributed by atoms with Gasteiger partial charge in [-0.1, -0.05) is 25.7 Å². The van der Waals surface area contributed by atoms with Crippen LogP contribution in [0.5, 0.6) is 0 Å². The number of nitrogens with one attached hydrogen (secondary N) is 1. The lowest BCUT2D eigenvalue weighted by molar-refractivity contribution is 0.155. The average Bonchev–Trinajstić information content (AvgIpc) is 3.23. The second-order valence-corrected chi connectivity index (χ2v) is 8.42. The predicted molar refractivity (Wildman–Crippen MR) is 86.7 cm³/mol. The summed E-state index contributed by atoms with van der Waals surface area (Å²) in [5, 5.41) is 15.1. The van der Waals surface area contributed by atoms with Gasteiger partial charge in [0.1, 0.15) is 10.0 Å². The van der Waals surface area contributed by atoms with Crippen LogP contribution in [-0.2, 0) is 6.42 Å². The zero-order chi connectivity index (χ0) is 14.1. The normalized spacial score (nSPS) is 32.9. The van der Waals surface area contributed by atoms with Crippen molar-refractivity contribution in [3.05, 3.63) is 10.0 Å². The highest BCUT2D eigenvalue weighted by Gasteiger charge is 2.34. The fraction of sp³-hybridized carbons (Fsp3) is 0.882. The number of nitrogens with zero attached hydrogens (tertiary/aromatic N) is 2. The number of fused-ring (bicyclic) bond motifs is 1. The first-order valence-electron chi connectivity index (χ1n) is 8.94. The van der Waals surface area contributed by atoms with Crippen molar-refractivity contribution in [2.45, 2.75) is 76.2 Å². The maximum Gasteiger partial charge on any atom is 0.120 e. The van der Waals surface area contributed by atoms with E-state index in [9.17, 15) is 0 Å². The summed E-state index contributed by atoms with van der Waals surface area (Å²) in [6, 6.07) is 0.805. The van der Waals surface area contributed by atoms with E-state index in [1.165, 1.54) is 67.8 Å². The zero-order valence-electron chi connectivity index (χ0n) is 12.9. The van der Waals surface area contributed by atoms with Gasteiger partial charge >= 0.3 is 0 Å². The van der Waals surface area contributed by atoms with Crippen molar-refractivity contribution in [2.24, 2.45) is 11.8 Å². The summed E-state index contributed by atoms with van der Waals surface area (Å²) in [7, 11) is 0. The van der Waals surface area contributed by atoms with E-state index in [1.54, 1.807) is 0 Å². The van der Waals surface area contributed by atoms with Gasteiger partial charge in [-0.15, -0.1) is 21.5 Å². The van der Waals surface area contributed by atoms with Crippen LogP contribution in [0.1, 0.15) is 73.7 Å². The topological polar surface area (TPSA) is 37.8 Å². The highest BCUT2D eigenvalue weighted by molar-refractivity contribution is 7.11. The molecule has 0 aromatic carbocycles. The molecule has 0 spiro atoms. The second-order valence-electron chi connectivity index (χ2n) is 7.33.